The number of phenols is 1. The third kappa shape index (κ3) is 1.01. The molecule has 1 aromatic rings. The number of aromatic hydroxyl groups is 1. The van der Waals surface area contributed by atoms with Crippen molar-refractivity contribution < 1.29 is 9.84 Å². The first kappa shape index (κ1) is 8.30. The summed E-state index contributed by atoms with van der Waals surface area (Å²) in [5, 5.41) is 9.47. The molecule has 2 heteroatoms. The number of phenolic OH excluding ortho intramolecular Hbond substituents is 1. The summed E-state index contributed by atoms with van der Waals surface area (Å²) in [6, 6.07) is 5.66. The zero-order valence-corrected chi connectivity index (χ0v) is 8.29. The molecule has 2 heterocycles. The van der Waals surface area contributed by atoms with E-state index in [9.17, 15) is 5.11 Å². The monoisotopic (exact) mass is 190 g/mol. The van der Waals surface area contributed by atoms with Gasteiger partial charge >= 0.3 is 0 Å². The van der Waals surface area contributed by atoms with E-state index < -0.39 is 0 Å². The Morgan fingerprint density at radius 3 is 3.21 bits per heavy atom. The third-order valence-electron chi connectivity index (χ3n) is 3.48. The van der Waals surface area contributed by atoms with Gasteiger partial charge in [-0.1, -0.05) is 6.07 Å². The van der Waals surface area contributed by atoms with E-state index in [1.807, 2.05) is 12.1 Å². The van der Waals surface area contributed by atoms with Crippen molar-refractivity contribution in [2.75, 3.05) is 0 Å². The number of rotatable bonds is 0. The van der Waals surface area contributed by atoms with Gasteiger partial charge in [-0.15, -0.1) is 0 Å². The minimum absolute atomic E-state index is 0.142. The lowest BCUT2D eigenvalue weighted by Gasteiger charge is -2.32. The Labute approximate surface area is 83.5 Å². The Hall–Kier alpha value is -1.02. The first-order valence-corrected chi connectivity index (χ1v) is 5.18. The summed E-state index contributed by atoms with van der Waals surface area (Å²) in [5.74, 6) is 0.346. The highest BCUT2D eigenvalue weighted by Gasteiger charge is 2.43. The molecule has 14 heavy (non-hydrogen) atoms. The summed E-state index contributed by atoms with van der Waals surface area (Å²) in [7, 11) is 0. The van der Waals surface area contributed by atoms with Gasteiger partial charge in [0.25, 0.3) is 0 Å². The molecule has 0 aliphatic carbocycles. The maximum atomic E-state index is 9.47. The Morgan fingerprint density at radius 1 is 1.50 bits per heavy atom. The summed E-state index contributed by atoms with van der Waals surface area (Å²) in [4.78, 5) is 0. The highest BCUT2D eigenvalue weighted by Crippen LogP contribution is 2.46. The Bertz CT molecular complexity index is 386. The van der Waals surface area contributed by atoms with Crippen LogP contribution >= 0.6 is 0 Å². The van der Waals surface area contributed by atoms with Crippen LogP contribution in [-0.2, 0) is 16.8 Å². The van der Waals surface area contributed by atoms with Crippen LogP contribution < -0.4 is 0 Å². The molecule has 1 aromatic carbocycles. The fourth-order valence-electron chi connectivity index (χ4n) is 2.74. The molecule has 74 valence electrons. The first-order valence-electron chi connectivity index (χ1n) is 5.18. The van der Waals surface area contributed by atoms with Crippen LogP contribution in [0.15, 0.2) is 18.2 Å². The SMILES string of the molecule is CC12CCC(Cc3ccc(O)cc31)O2. The van der Waals surface area contributed by atoms with Crippen LogP contribution in [0.3, 0.4) is 0 Å². The van der Waals surface area contributed by atoms with E-state index in [2.05, 4.69) is 6.92 Å². The van der Waals surface area contributed by atoms with Gasteiger partial charge in [0.15, 0.2) is 0 Å². The molecule has 0 saturated carbocycles. The average molecular weight is 190 g/mol. The van der Waals surface area contributed by atoms with E-state index in [1.54, 1.807) is 6.07 Å². The first-order chi connectivity index (χ1) is 6.67. The lowest BCUT2D eigenvalue weighted by Crippen LogP contribution is -2.29. The average Bonchev–Trinajstić information content (AvgIpc) is 2.47. The summed E-state index contributed by atoms with van der Waals surface area (Å²) in [6.07, 6.45) is 3.63. The molecule has 2 bridgehead atoms. The molecule has 0 radical (unpaired) electrons. The van der Waals surface area contributed by atoms with E-state index in [0.717, 1.165) is 19.3 Å². The molecule has 2 atom stereocenters. The van der Waals surface area contributed by atoms with Gasteiger partial charge in [-0.3, -0.25) is 0 Å². The number of hydrogen-bond acceptors (Lipinski definition) is 2. The molecule has 2 aliphatic heterocycles. The summed E-state index contributed by atoms with van der Waals surface area (Å²) < 4.78 is 5.96. The quantitative estimate of drug-likeness (QED) is 0.680. The molecular weight excluding hydrogens is 176 g/mol. The van der Waals surface area contributed by atoms with Crippen LogP contribution in [0.25, 0.3) is 0 Å². The minimum atomic E-state index is -0.142. The van der Waals surface area contributed by atoms with Crippen molar-refractivity contribution in [3.63, 3.8) is 0 Å². The number of benzene rings is 1. The topological polar surface area (TPSA) is 29.5 Å². The van der Waals surface area contributed by atoms with Crippen LogP contribution in [0.2, 0.25) is 0 Å². The summed E-state index contributed by atoms with van der Waals surface area (Å²) in [6.45, 7) is 2.13. The van der Waals surface area contributed by atoms with E-state index in [-0.39, 0.29) is 5.60 Å². The maximum absolute atomic E-state index is 9.47. The zero-order chi connectivity index (χ0) is 9.76. The zero-order valence-electron chi connectivity index (χ0n) is 8.29. The van der Waals surface area contributed by atoms with Crippen LogP contribution in [0, 0.1) is 0 Å². The predicted octanol–water partition coefficient (Wildman–Crippen LogP) is 2.34. The number of fused-ring (bicyclic) bond motifs is 4. The fraction of sp³-hybridized carbons (Fsp3) is 0.500. The second-order valence-electron chi connectivity index (χ2n) is 4.55. The predicted molar refractivity (Wildman–Crippen MR) is 53.3 cm³/mol. The molecule has 2 aliphatic rings. The van der Waals surface area contributed by atoms with E-state index in [1.165, 1.54) is 11.1 Å². The Morgan fingerprint density at radius 2 is 2.36 bits per heavy atom. The van der Waals surface area contributed by atoms with Crippen LogP contribution in [0.4, 0.5) is 0 Å². The molecule has 1 fully saturated rings. The van der Waals surface area contributed by atoms with Crippen molar-refractivity contribution in [2.24, 2.45) is 0 Å². The highest BCUT2D eigenvalue weighted by atomic mass is 16.5. The van der Waals surface area contributed by atoms with Crippen molar-refractivity contribution in [1.29, 1.82) is 0 Å². The van der Waals surface area contributed by atoms with Gasteiger partial charge in [-0.25, -0.2) is 0 Å². The van der Waals surface area contributed by atoms with Crippen LogP contribution in [-0.4, -0.2) is 11.2 Å². The summed E-state index contributed by atoms with van der Waals surface area (Å²) >= 11 is 0. The maximum Gasteiger partial charge on any atom is 0.115 e. The Balaban J connectivity index is 2.19. The second kappa shape index (κ2) is 2.51. The van der Waals surface area contributed by atoms with Gasteiger partial charge in [0.2, 0.25) is 0 Å². The van der Waals surface area contributed by atoms with Gasteiger partial charge in [-0.2, -0.15) is 0 Å². The van der Waals surface area contributed by atoms with Gasteiger partial charge in [0, 0.05) is 0 Å². The second-order valence-corrected chi connectivity index (χ2v) is 4.55. The van der Waals surface area contributed by atoms with E-state index >= 15 is 0 Å². The van der Waals surface area contributed by atoms with Crippen molar-refractivity contribution in [3.05, 3.63) is 29.3 Å². The molecule has 0 spiro atoms. The summed E-state index contributed by atoms with van der Waals surface area (Å²) in [5.41, 5.74) is 2.39. The van der Waals surface area contributed by atoms with Gasteiger partial charge in [0.05, 0.1) is 11.7 Å². The van der Waals surface area contributed by atoms with Gasteiger partial charge in [-0.05, 0) is 49.4 Å². The number of hydrogen-bond donors (Lipinski definition) is 1. The Kier molecular flexibility index (Phi) is 1.49. The largest absolute Gasteiger partial charge is 0.508 e. The minimum Gasteiger partial charge on any atom is -0.508 e. The highest BCUT2D eigenvalue weighted by molar-refractivity contribution is 5.41. The van der Waals surface area contributed by atoms with E-state index in [0.29, 0.717) is 11.9 Å². The molecule has 1 N–H and O–H groups in total. The van der Waals surface area contributed by atoms with Crippen molar-refractivity contribution in [2.45, 2.75) is 37.9 Å². The van der Waals surface area contributed by atoms with Gasteiger partial charge in [0.1, 0.15) is 5.75 Å². The molecule has 0 aromatic heterocycles. The standard InChI is InChI=1S/C12H14O2/c1-12-5-4-10(14-12)6-8-2-3-9(13)7-11(8)12/h2-3,7,10,13H,4-6H2,1H3. The van der Waals surface area contributed by atoms with Crippen molar-refractivity contribution >= 4 is 0 Å². The van der Waals surface area contributed by atoms with Crippen molar-refractivity contribution in [1.82, 2.24) is 0 Å². The third-order valence-corrected chi connectivity index (χ3v) is 3.48. The number of ether oxygens (including phenoxy) is 1. The lowest BCUT2D eigenvalue weighted by molar-refractivity contribution is -0.0438. The smallest absolute Gasteiger partial charge is 0.115 e. The van der Waals surface area contributed by atoms with Crippen LogP contribution in [0.1, 0.15) is 30.9 Å². The van der Waals surface area contributed by atoms with Crippen LogP contribution in [0.5, 0.6) is 5.75 Å². The molecule has 1 saturated heterocycles. The molecule has 0 amide bonds. The molecule has 2 nitrogen and oxygen atoms in total. The van der Waals surface area contributed by atoms with E-state index in [4.69, 9.17) is 4.74 Å². The molecule has 3 rings (SSSR count). The lowest BCUT2D eigenvalue weighted by atomic mass is 9.89. The normalized spacial score (nSPS) is 34.2. The molecular formula is C12H14O2. The van der Waals surface area contributed by atoms with Gasteiger partial charge < -0.3 is 9.84 Å². The van der Waals surface area contributed by atoms with Crippen molar-refractivity contribution in [3.8, 4) is 5.75 Å². The fourth-order valence-corrected chi connectivity index (χ4v) is 2.74. The molecule has 2 unspecified atom stereocenters.